The van der Waals surface area contributed by atoms with Crippen molar-refractivity contribution in [2.75, 3.05) is 11.1 Å². The summed E-state index contributed by atoms with van der Waals surface area (Å²) >= 11 is 8.85. The average molecular weight is 501 g/mol. The molecule has 1 aromatic carbocycles. The van der Waals surface area contributed by atoms with Crippen LogP contribution < -0.4 is 5.32 Å². The third-order valence-electron chi connectivity index (χ3n) is 5.38. The molecule has 1 amide bonds. The molecule has 2 aromatic heterocycles. The van der Waals surface area contributed by atoms with Crippen LogP contribution in [-0.2, 0) is 30.9 Å². The van der Waals surface area contributed by atoms with E-state index in [9.17, 15) is 18.0 Å². The molecule has 1 N–H and O–H groups in total. The Bertz CT molecular complexity index is 1160. The number of amides is 1. The lowest BCUT2D eigenvalue weighted by molar-refractivity contribution is -0.137. The minimum absolute atomic E-state index is 0.0360. The van der Waals surface area contributed by atoms with Gasteiger partial charge in [-0.05, 0) is 48.9 Å². The van der Waals surface area contributed by atoms with Gasteiger partial charge in [0.25, 0.3) is 0 Å². The van der Waals surface area contributed by atoms with E-state index in [-0.39, 0.29) is 16.5 Å². The smallest absolute Gasteiger partial charge is 0.324 e. The van der Waals surface area contributed by atoms with Gasteiger partial charge in [-0.1, -0.05) is 30.3 Å². The van der Waals surface area contributed by atoms with Crippen LogP contribution in [0.2, 0.25) is 5.02 Å². The molecule has 170 valence electrons. The minimum atomic E-state index is -4.52. The summed E-state index contributed by atoms with van der Waals surface area (Å²) in [6, 6.07) is 2.81. The maximum Gasteiger partial charge on any atom is 0.416 e. The van der Waals surface area contributed by atoms with Gasteiger partial charge in [0, 0.05) is 22.9 Å². The summed E-state index contributed by atoms with van der Waals surface area (Å²) in [5, 5.41) is 13.7. The number of carbonyl (C=O) groups excluding carboxylic acids is 1. The SMILES string of the molecule is C[C@H]1CCc2c(-c3nnc(SCC(=O)Nc4cc(C(F)(F)F)ccc4Cl)n3C)csc2C1. The molecule has 4 rings (SSSR count). The first-order chi connectivity index (χ1) is 15.1. The fourth-order valence-corrected chi connectivity index (χ4v) is 5.77. The van der Waals surface area contributed by atoms with Gasteiger partial charge in [-0.3, -0.25) is 4.79 Å². The topological polar surface area (TPSA) is 59.8 Å². The van der Waals surface area contributed by atoms with Crippen molar-refractivity contribution in [2.45, 2.75) is 37.5 Å². The van der Waals surface area contributed by atoms with Gasteiger partial charge in [0.05, 0.1) is 22.0 Å². The maximum absolute atomic E-state index is 12.9. The normalized spacial score (nSPS) is 16.1. The number of nitrogens with zero attached hydrogens (tertiary/aromatic N) is 3. The van der Waals surface area contributed by atoms with Crippen LogP contribution in [0.25, 0.3) is 11.4 Å². The third-order valence-corrected chi connectivity index (χ3v) is 7.78. The third kappa shape index (κ3) is 4.82. The number of fused-ring (bicyclic) bond motifs is 1. The summed E-state index contributed by atoms with van der Waals surface area (Å²) < 4.78 is 40.6. The number of alkyl halides is 3. The second-order valence-electron chi connectivity index (χ2n) is 7.79. The predicted molar refractivity (Wildman–Crippen MR) is 121 cm³/mol. The molecule has 0 aliphatic heterocycles. The van der Waals surface area contributed by atoms with E-state index in [4.69, 9.17) is 11.6 Å². The zero-order chi connectivity index (χ0) is 23.0. The van der Waals surface area contributed by atoms with Crippen LogP contribution in [0.15, 0.2) is 28.7 Å². The molecule has 1 atom stereocenters. The molecule has 0 fully saturated rings. The predicted octanol–water partition coefficient (Wildman–Crippen LogP) is 6.07. The van der Waals surface area contributed by atoms with Gasteiger partial charge in [0.1, 0.15) is 0 Å². The van der Waals surface area contributed by atoms with E-state index >= 15 is 0 Å². The Kier molecular flexibility index (Phi) is 6.56. The molecule has 3 aromatic rings. The number of halogens is 4. The van der Waals surface area contributed by atoms with Gasteiger partial charge in [0.15, 0.2) is 11.0 Å². The van der Waals surface area contributed by atoms with Crippen LogP contribution in [0.3, 0.4) is 0 Å². The number of hydrogen-bond donors (Lipinski definition) is 1. The first-order valence-electron chi connectivity index (χ1n) is 9.92. The molecule has 1 aliphatic carbocycles. The Balaban J connectivity index is 1.44. The van der Waals surface area contributed by atoms with Crippen LogP contribution in [0.1, 0.15) is 29.3 Å². The summed E-state index contributed by atoms with van der Waals surface area (Å²) in [6.07, 6.45) is -1.27. The fraction of sp³-hybridized carbons (Fsp3) is 0.381. The molecular weight excluding hydrogens is 481 g/mol. The van der Waals surface area contributed by atoms with Crippen molar-refractivity contribution in [3.63, 3.8) is 0 Å². The molecule has 0 unspecified atom stereocenters. The molecule has 0 radical (unpaired) electrons. The summed E-state index contributed by atoms with van der Waals surface area (Å²) in [7, 11) is 1.84. The first kappa shape index (κ1) is 23.1. The summed E-state index contributed by atoms with van der Waals surface area (Å²) in [5.41, 5.74) is 1.46. The fourth-order valence-electron chi connectivity index (χ4n) is 3.65. The molecule has 1 aliphatic rings. The highest BCUT2D eigenvalue weighted by atomic mass is 35.5. The van der Waals surface area contributed by atoms with Gasteiger partial charge in [-0.2, -0.15) is 13.2 Å². The van der Waals surface area contributed by atoms with E-state index in [1.165, 1.54) is 10.4 Å². The summed E-state index contributed by atoms with van der Waals surface area (Å²) in [6.45, 7) is 2.26. The number of thioether (sulfide) groups is 1. The monoisotopic (exact) mass is 500 g/mol. The quantitative estimate of drug-likeness (QED) is 0.432. The zero-order valence-corrected chi connectivity index (χ0v) is 19.7. The van der Waals surface area contributed by atoms with Crippen molar-refractivity contribution in [2.24, 2.45) is 13.0 Å². The molecule has 0 saturated carbocycles. The van der Waals surface area contributed by atoms with E-state index in [1.807, 2.05) is 11.6 Å². The van der Waals surface area contributed by atoms with Crippen molar-refractivity contribution in [3.8, 4) is 11.4 Å². The van der Waals surface area contributed by atoms with E-state index < -0.39 is 17.6 Å². The van der Waals surface area contributed by atoms with Crippen LogP contribution in [0.5, 0.6) is 0 Å². The highest BCUT2D eigenvalue weighted by Crippen LogP contribution is 2.38. The molecule has 32 heavy (non-hydrogen) atoms. The minimum Gasteiger partial charge on any atom is -0.324 e. The van der Waals surface area contributed by atoms with Gasteiger partial charge in [0.2, 0.25) is 5.91 Å². The molecule has 2 heterocycles. The average Bonchev–Trinajstić information content (AvgIpc) is 3.29. The summed E-state index contributed by atoms with van der Waals surface area (Å²) in [5.74, 6) is 0.907. The number of anilines is 1. The second kappa shape index (κ2) is 9.07. The number of benzene rings is 1. The van der Waals surface area contributed by atoms with Crippen molar-refractivity contribution < 1.29 is 18.0 Å². The van der Waals surface area contributed by atoms with E-state index in [1.54, 1.807) is 11.3 Å². The largest absolute Gasteiger partial charge is 0.416 e. The number of nitrogens with one attached hydrogen (secondary N) is 1. The van der Waals surface area contributed by atoms with Crippen LogP contribution in [0.4, 0.5) is 18.9 Å². The van der Waals surface area contributed by atoms with E-state index in [2.05, 4.69) is 27.8 Å². The van der Waals surface area contributed by atoms with E-state index in [0.29, 0.717) is 11.1 Å². The standard InChI is InChI=1S/C21H20ClF3N4OS2/c1-11-3-5-13-14(9-31-17(13)7-11)19-27-28-20(29(19)2)32-10-18(30)26-16-8-12(21(23,24)25)4-6-15(16)22/h4,6,8-9,11H,3,5,7,10H2,1-2H3,(H,26,30)/t11-/m0/s1. The highest BCUT2D eigenvalue weighted by Gasteiger charge is 2.31. The molecule has 5 nitrogen and oxygen atoms in total. The Morgan fingerprint density at radius 2 is 2.16 bits per heavy atom. The molecule has 11 heteroatoms. The van der Waals surface area contributed by atoms with Crippen molar-refractivity contribution in [1.29, 1.82) is 0 Å². The van der Waals surface area contributed by atoms with Crippen LogP contribution in [0, 0.1) is 5.92 Å². The van der Waals surface area contributed by atoms with Crippen molar-refractivity contribution in [1.82, 2.24) is 14.8 Å². The van der Waals surface area contributed by atoms with Gasteiger partial charge >= 0.3 is 6.18 Å². The van der Waals surface area contributed by atoms with E-state index in [0.717, 1.165) is 60.6 Å². The number of thiophene rings is 1. The molecular formula is C21H20ClF3N4OS2. The molecule has 0 bridgehead atoms. The molecule has 0 saturated heterocycles. The number of hydrogen-bond acceptors (Lipinski definition) is 5. The number of rotatable bonds is 5. The van der Waals surface area contributed by atoms with Gasteiger partial charge < -0.3 is 9.88 Å². The Morgan fingerprint density at radius 1 is 1.38 bits per heavy atom. The lowest BCUT2D eigenvalue weighted by atomic mass is 9.88. The van der Waals surface area contributed by atoms with Crippen LogP contribution >= 0.6 is 34.7 Å². The second-order valence-corrected chi connectivity index (χ2v) is 10.1. The van der Waals surface area contributed by atoms with Crippen molar-refractivity contribution in [3.05, 3.63) is 44.6 Å². The number of aromatic nitrogens is 3. The van der Waals surface area contributed by atoms with Gasteiger partial charge in [-0.25, -0.2) is 0 Å². The Labute approximate surface area is 196 Å². The maximum atomic E-state index is 12.9. The van der Waals surface area contributed by atoms with Crippen molar-refractivity contribution >= 4 is 46.3 Å². The lowest BCUT2D eigenvalue weighted by Gasteiger charge is -2.18. The lowest BCUT2D eigenvalue weighted by Crippen LogP contribution is -2.16. The molecule has 0 spiro atoms. The first-order valence-corrected chi connectivity index (χ1v) is 12.2. The zero-order valence-electron chi connectivity index (χ0n) is 17.3. The van der Waals surface area contributed by atoms with Gasteiger partial charge in [-0.15, -0.1) is 21.5 Å². The Hall–Kier alpha value is -2.04. The van der Waals surface area contributed by atoms with Crippen LogP contribution in [-0.4, -0.2) is 26.4 Å². The highest BCUT2D eigenvalue weighted by molar-refractivity contribution is 7.99. The summed E-state index contributed by atoms with van der Waals surface area (Å²) in [4.78, 5) is 13.7. The number of carbonyl (C=O) groups is 1. The Morgan fingerprint density at radius 3 is 2.91 bits per heavy atom.